The lowest BCUT2D eigenvalue weighted by Gasteiger charge is -2.23. The highest BCUT2D eigenvalue weighted by atomic mass is 15.3. The minimum atomic E-state index is 0.589. The fraction of sp³-hybridized carbons (Fsp3) is 0.440. The zero-order valence-corrected chi connectivity index (χ0v) is 17.5. The summed E-state index contributed by atoms with van der Waals surface area (Å²) in [5, 5.41) is 4.71. The van der Waals surface area contributed by atoms with Crippen LogP contribution in [0.25, 0.3) is 0 Å². The highest BCUT2D eigenvalue weighted by molar-refractivity contribution is 5.23. The van der Waals surface area contributed by atoms with Gasteiger partial charge < -0.3 is 0 Å². The first-order valence-electron chi connectivity index (χ1n) is 11.0. The molecule has 1 fully saturated rings. The molecule has 1 aliphatic rings. The van der Waals surface area contributed by atoms with Gasteiger partial charge in [-0.15, -0.1) is 0 Å². The second-order valence-corrected chi connectivity index (χ2v) is 8.30. The lowest BCUT2D eigenvalue weighted by atomic mass is 9.96. The number of aromatic nitrogens is 3. The monoisotopic (exact) mass is 388 g/mol. The van der Waals surface area contributed by atoms with Crippen molar-refractivity contribution in [1.82, 2.24) is 19.7 Å². The maximum Gasteiger partial charge on any atom is 0.0534 e. The predicted molar refractivity (Wildman–Crippen MR) is 117 cm³/mol. The van der Waals surface area contributed by atoms with E-state index >= 15 is 0 Å². The smallest absolute Gasteiger partial charge is 0.0534 e. The number of benzene rings is 1. The Labute approximate surface area is 174 Å². The van der Waals surface area contributed by atoms with Gasteiger partial charge in [-0.2, -0.15) is 5.10 Å². The Bertz CT molecular complexity index is 863. The Balaban J connectivity index is 1.47. The highest BCUT2D eigenvalue weighted by Gasteiger charge is 2.17. The third-order valence-corrected chi connectivity index (χ3v) is 5.98. The van der Waals surface area contributed by atoms with Crippen LogP contribution in [0.4, 0.5) is 0 Å². The second-order valence-electron chi connectivity index (χ2n) is 8.30. The summed E-state index contributed by atoms with van der Waals surface area (Å²) in [6, 6.07) is 13.8. The van der Waals surface area contributed by atoms with Gasteiger partial charge in [0.2, 0.25) is 0 Å². The zero-order valence-electron chi connectivity index (χ0n) is 17.5. The van der Waals surface area contributed by atoms with E-state index in [9.17, 15) is 0 Å². The van der Waals surface area contributed by atoms with Gasteiger partial charge in [0.25, 0.3) is 0 Å². The lowest BCUT2D eigenvalue weighted by Crippen LogP contribution is -2.22. The van der Waals surface area contributed by atoms with Crippen molar-refractivity contribution in [2.75, 3.05) is 0 Å². The molecule has 0 amide bonds. The summed E-state index contributed by atoms with van der Waals surface area (Å²) in [5.41, 5.74) is 5.29. The SMILES string of the molecule is CCc1ccc(CN(Cc2cccnc2)Cc2cnn(C3CCCCC3)c2)cc1. The molecule has 0 aliphatic heterocycles. The molecule has 2 heterocycles. The van der Waals surface area contributed by atoms with Gasteiger partial charge in [0.15, 0.2) is 0 Å². The van der Waals surface area contributed by atoms with Crippen molar-refractivity contribution >= 4 is 0 Å². The van der Waals surface area contributed by atoms with Crippen LogP contribution in [0.5, 0.6) is 0 Å². The van der Waals surface area contributed by atoms with E-state index in [2.05, 4.69) is 64.2 Å². The number of pyridine rings is 1. The van der Waals surface area contributed by atoms with Crippen LogP contribution in [0.15, 0.2) is 61.2 Å². The molecule has 4 nitrogen and oxygen atoms in total. The fourth-order valence-electron chi connectivity index (χ4n) is 4.32. The number of rotatable bonds is 8. The predicted octanol–water partition coefficient (Wildman–Crippen LogP) is 5.55. The van der Waals surface area contributed by atoms with Crippen molar-refractivity contribution in [3.8, 4) is 0 Å². The van der Waals surface area contributed by atoms with Gasteiger partial charge in [-0.25, -0.2) is 0 Å². The van der Waals surface area contributed by atoms with E-state index in [1.54, 1.807) is 0 Å². The van der Waals surface area contributed by atoms with Crippen molar-refractivity contribution in [3.05, 3.63) is 83.4 Å². The molecule has 0 unspecified atom stereocenters. The van der Waals surface area contributed by atoms with Crippen LogP contribution in [0.3, 0.4) is 0 Å². The van der Waals surface area contributed by atoms with Gasteiger partial charge in [-0.3, -0.25) is 14.6 Å². The molecule has 4 heteroatoms. The molecule has 152 valence electrons. The van der Waals surface area contributed by atoms with Crippen LogP contribution in [0, 0.1) is 0 Å². The van der Waals surface area contributed by atoms with Crippen LogP contribution in [0.2, 0.25) is 0 Å². The van der Waals surface area contributed by atoms with Crippen LogP contribution in [-0.2, 0) is 26.1 Å². The van der Waals surface area contributed by atoms with E-state index in [0.29, 0.717) is 6.04 Å². The Kier molecular flexibility index (Phi) is 6.73. The van der Waals surface area contributed by atoms with Crippen molar-refractivity contribution in [3.63, 3.8) is 0 Å². The summed E-state index contributed by atoms with van der Waals surface area (Å²) in [7, 11) is 0. The third kappa shape index (κ3) is 5.54. The summed E-state index contributed by atoms with van der Waals surface area (Å²) < 4.78 is 2.22. The van der Waals surface area contributed by atoms with Crippen molar-refractivity contribution in [1.29, 1.82) is 0 Å². The van der Waals surface area contributed by atoms with Crippen LogP contribution in [-0.4, -0.2) is 19.7 Å². The molecule has 1 aliphatic carbocycles. The minimum absolute atomic E-state index is 0.589. The molecule has 0 saturated heterocycles. The Morgan fingerprint density at radius 3 is 2.31 bits per heavy atom. The molecule has 0 radical (unpaired) electrons. The van der Waals surface area contributed by atoms with Gasteiger partial charge in [0, 0.05) is 43.8 Å². The van der Waals surface area contributed by atoms with E-state index in [0.717, 1.165) is 26.1 Å². The van der Waals surface area contributed by atoms with Gasteiger partial charge >= 0.3 is 0 Å². The minimum Gasteiger partial charge on any atom is -0.290 e. The molecule has 0 N–H and O–H groups in total. The quantitative estimate of drug-likeness (QED) is 0.507. The number of nitrogens with zero attached hydrogens (tertiary/aromatic N) is 4. The van der Waals surface area contributed by atoms with Crippen LogP contribution >= 0.6 is 0 Å². The average molecular weight is 389 g/mol. The standard InChI is InChI=1S/C25H32N4/c1-2-21-10-12-22(13-11-21)17-28(18-23-7-6-14-26-15-23)19-24-16-27-29(20-24)25-8-4-3-5-9-25/h6-7,10-16,20,25H,2-5,8-9,17-19H2,1H3. The summed E-state index contributed by atoms with van der Waals surface area (Å²) >= 11 is 0. The fourth-order valence-corrected chi connectivity index (χ4v) is 4.32. The molecule has 1 aromatic carbocycles. The topological polar surface area (TPSA) is 34.0 Å². The van der Waals surface area contributed by atoms with Crippen LogP contribution < -0.4 is 0 Å². The van der Waals surface area contributed by atoms with Crippen molar-refractivity contribution in [2.24, 2.45) is 0 Å². The molecule has 0 spiro atoms. The maximum absolute atomic E-state index is 4.71. The molecule has 0 bridgehead atoms. The average Bonchev–Trinajstić information content (AvgIpc) is 3.24. The first kappa shape index (κ1) is 19.8. The Morgan fingerprint density at radius 1 is 0.862 bits per heavy atom. The summed E-state index contributed by atoms with van der Waals surface area (Å²) in [4.78, 5) is 6.78. The first-order chi connectivity index (χ1) is 14.3. The number of hydrogen-bond acceptors (Lipinski definition) is 3. The molecular weight excluding hydrogens is 356 g/mol. The van der Waals surface area contributed by atoms with E-state index in [4.69, 9.17) is 5.10 Å². The Hall–Kier alpha value is -2.46. The number of hydrogen-bond donors (Lipinski definition) is 0. The van der Waals surface area contributed by atoms with Crippen molar-refractivity contribution < 1.29 is 0 Å². The summed E-state index contributed by atoms with van der Waals surface area (Å²) in [6.07, 6.45) is 15.8. The van der Waals surface area contributed by atoms with E-state index in [-0.39, 0.29) is 0 Å². The lowest BCUT2D eigenvalue weighted by molar-refractivity contribution is 0.247. The van der Waals surface area contributed by atoms with Crippen molar-refractivity contribution in [2.45, 2.75) is 71.1 Å². The Morgan fingerprint density at radius 2 is 1.59 bits per heavy atom. The summed E-state index contributed by atoms with van der Waals surface area (Å²) in [5.74, 6) is 0. The molecule has 1 saturated carbocycles. The molecule has 0 atom stereocenters. The molecule has 29 heavy (non-hydrogen) atoms. The van der Waals surface area contributed by atoms with Crippen LogP contribution in [0.1, 0.15) is 67.3 Å². The zero-order chi connectivity index (χ0) is 19.9. The van der Waals surface area contributed by atoms with Gasteiger partial charge in [0.1, 0.15) is 0 Å². The first-order valence-corrected chi connectivity index (χ1v) is 11.0. The van der Waals surface area contributed by atoms with E-state index in [1.807, 2.05) is 18.5 Å². The molecular formula is C25H32N4. The molecule has 2 aromatic heterocycles. The third-order valence-electron chi connectivity index (χ3n) is 5.98. The molecule has 3 aromatic rings. The number of aryl methyl sites for hydroxylation is 1. The van der Waals surface area contributed by atoms with Gasteiger partial charge in [-0.1, -0.05) is 56.5 Å². The highest BCUT2D eigenvalue weighted by Crippen LogP contribution is 2.27. The van der Waals surface area contributed by atoms with E-state index in [1.165, 1.54) is 54.4 Å². The van der Waals surface area contributed by atoms with Gasteiger partial charge in [0.05, 0.1) is 12.2 Å². The van der Waals surface area contributed by atoms with E-state index < -0.39 is 0 Å². The largest absolute Gasteiger partial charge is 0.290 e. The second kappa shape index (κ2) is 9.84. The summed E-state index contributed by atoms with van der Waals surface area (Å²) in [6.45, 7) is 4.91. The maximum atomic E-state index is 4.71. The van der Waals surface area contributed by atoms with Gasteiger partial charge in [-0.05, 0) is 42.0 Å². The normalized spacial score (nSPS) is 15.1. The molecule has 4 rings (SSSR count).